The number of aromatic nitrogens is 1. The summed E-state index contributed by atoms with van der Waals surface area (Å²) < 4.78 is 5.49. The van der Waals surface area contributed by atoms with Gasteiger partial charge in [0.05, 0.1) is 12.3 Å². The molecule has 0 spiro atoms. The molecule has 0 atom stereocenters. The zero-order chi connectivity index (χ0) is 15.8. The molecule has 0 saturated carbocycles. The highest BCUT2D eigenvalue weighted by molar-refractivity contribution is 7.80. The lowest BCUT2D eigenvalue weighted by atomic mass is 10.3. The topological polar surface area (TPSA) is 75.3 Å². The number of pyridine rings is 1. The van der Waals surface area contributed by atoms with Gasteiger partial charge in [0.1, 0.15) is 11.4 Å². The predicted octanol–water partition coefficient (Wildman–Crippen LogP) is 2.11. The number of ether oxygens (including phenoxy) is 1. The normalized spacial score (nSPS) is 9.68. The van der Waals surface area contributed by atoms with Crippen LogP contribution in [0.2, 0.25) is 0 Å². The van der Waals surface area contributed by atoms with E-state index in [1.807, 2.05) is 31.2 Å². The lowest BCUT2D eigenvalue weighted by Crippen LogP contribution is -2.44. The van der Waals surface area contributed by atoms with Gasteiger partial charge in [-0.1, -0.05) is 18.2 Å². The Balaban J connectivity index is 1.90. The molecule has 3 N–H and O–H groups in total. The van der Waals surface area contributed by atoms with E-state index in [4.69, 9.17) is 17.0 Å². The Labute approximate surface area is 133 Å². The predicted molar refractivity (Wildman–Crippen MR) is 88.7 cm³/mol. The molecule has 7 heteroatoms. The van der Waals surface area contributed by atoms with Gasteiger partial charge in [-0.05, 0) is 43.4 Å². The van der Waals surface area contributed by atoms with E-state index in [1.165, 1.54) is 0 Å². The first kappa shape index (κ1) is 15.7. The van der Waals surface area contributed by atoms with Crippen molar-refractivity contribution in [2.45, 2.75) is 6.92 Å². The first-order valence-electron chi connectivity index (χ1n) is 6.71. The number of para-hydroxylation sites is 2. The van der Waals surface area contributed by atoms with Crippen molar-refractivity contribution in [3.8, 4) is 5.75 Å². The molecule has 22 heavy (non-hydrogen) atoms. The van der Waals surface area contributed by atoms with Crippen LogP contribution >= 0.6 is 12.2 Å². The summed E-state index contributed by atoms with van der Waals surface area (Å²) in [5.74, 6) is 0.313. The van der Waals surface area contributed by atoms with Crippen LogP contribution in [0, 0.1) is 0 Å². The van der Waals surface area contributed by atoms with E-state index in [9.17, 15) is 4.79 Å². The van der Waals surface area contributed by atoms with Gasteiger partial charge in [0.15, 0.2) is 5.11 Å². The number of anilines is 1. The Hall–Kier alpha value is -2.67. The number of carbonyl (C=O) groups excluding carboxylic acids is 1. The maximum Gasteiger partial charge on any atom is 0.288 e. The lowest BCUT2D eigenvalue weighted by Gasteiger charge is -2.14. The Morgan fingerprint density at radius 1 is 1.18 bits per heavy atom. The molecule has 2 aromatic rings. The van der Waals surface area contributed by atoms with E-state index < -0.39 is 0 Å². The van der Waals surface area contributed by atoms with Gasteiger partial charge in [-0.15, -0.1) is 0 Å². The number of hydrazine groups is 1. The van der Waals surface area contributed by atoms with Gasteiger partial charge in [0, 0.05) is 6.20 Å². The van der Waals surface area contributed by atoms with Crippen molar-refractivity contribution in [2.75, 3.05) is 11.9 Å². The van der Waals surface area contributed by atoms with Crippen LogP contribution in [0.1, 0.15) is 17.4 Å². The maximum atomic E-state index is 11.8. The molecule has 0 radical (unpaired) electrons. The van der Waals surface area contributed by atoms with Crippen LogP contribution in [0.5, 0.6) is 5.75 Å². The van der Waals surface area contributed by atoms with Crippen molar-refractivity contribution >= 4 is 28.9 Å². The fraction of sp³-hybridized carbons (Fsp3) is 0.133. The molecule has 0 saturated heterocycles. The molecular formula is C15H16N4O2S. The highest BCUT2D eigenvalue weighted by Gasteiger charge is 2.07. The van der Waals surface area contributed by atoms with Crippen molar-refractivity contribution in [1.29, 1.82) is 0 Å². The van der Waals surface area contributed by atoms with Crippen LogP contribution in [-0.2, 0) is 0 Å². The molecule has 0 bridgehead atoms. The average molecular weight is 316 g/mol. The van der Waals surface area contributed by atoms with Gasteiger partial charge >= 0.3 is 0 Å². The molecule has 1 amide bonds. The molecule has 0 unspecified atom stereocenters. The minimum absolute atomic E-state index is 0.247. The summed E-state index contributed by atoms with van der Waals surface area (Å²) in [4.78, 5) is 15.8. The molecule has 6 nitrogen and oxygen atoms in total. The number of rotatable bonds is 4. The first-order valence-corrected chi connectivity index (χ1v) is 7.11. The van der Waals surface area contributed by atoms with Crippen molar-refractivity contribution in [1.82, 2.24) is 15.8 Å². The number of thiocarbonyl (C=S) groups is 1. The largest absolute Gasteiger partial charge is 0.492 e. The first-order chi connectivity index (χ1) is 10.7. The third-order valence-electron chi connectivity index (χ3n) is 2.62. The molecule has 0 aliphatic rings. The Bertz CT molecular complexity index is 649. The van der Waals surface area contributed by atoms with E-state index in [2.05, 4.69) is 21.2 Å². The maximum absolute atomic E-state index is 11.8. The molecule has 1 heterocycles. The SMILES string of the molecule is CCOc1ccccc1NC(=S)NNC(=O)c1ccccn1. The van der Waals surface area contributed by atoms with Crippen molar-refractivity contribution < 1.29 is 9.53 Å². The molecule has 2 rings (SSSR count). The third-order valence-corrected chi connectivity index (χ3v) is 2.83. The molecule has 0 fully saturated rings. The standard InChI is InChI=1S/C15H16N4O2S/c1-2-21-13-9-4-3-7-11(13)17-15(22)19-18-14(20)12-8-5-6-10-16-12/h3-10H,2H2,1H3,(H,18,20)(H2,17,19,22). The molecule has 114 valence electrons. The number of nitrogens with zero attached hydrogens (tertiary/aromatic N) is 1. The summed E-state index contributed by atoms with van der Waals surface area (Å²) in [7, 11) is 0. The number of benzene rings is 1. The summed E-state index contributed by atoms with van der Waals surface area (Å²) in [6, 6.07) is 12.5. The van der Waals surface area contributed by atoms with Crippen LogP contribution in [-0.4, -0.2) is 22.6 Å². The van der Waals surface area contributed by atoms with Crippen LogP contribution < -0.4 is 20.9 Å². The summed E-state index contributed by atoms with van der Waals surface area (Å²) in [5, 5.41) is 3.21. The number of hydrogen-bond acceptors (Lipinski definition) is 4. The summed E-state index contributed by atoms with van der Waals surface area (Å²) in [6.07, 6.45) is 1.55. The second kappa shape index (κ2) is 7.94. The van der Waals surface area contributed by atoms with Crippen LogP contribution in [0.25, 0.3) is 0 Å². The summed E-state index contributed by atoms with van der Waals surface area (Å²) in [5.41, 5.74) is 6.11. The molecule has 0 aliphatic heterocycles. The van der Waals surface area contributed by atoms with Crippen LogP contribution in [0.15, 0.2) is 48.7 Å². The van der Waals surface area contributed by atoms with Gasteiger partial charge in [-0.2, -0.15) is 0 Å². The monoisotopic (exact) mass is 316 g/mol. The fourth-order valence-electron chi connectivity index (χ4n) is 1.68. The molecule has 1 aromatic carbocycles. The van der Waals surface area contributed by atoms with Gasteiger partial charge < -0.3 is 10.1 Å². The van der Waals surface area contributed by atoms with Crippen molar-refractivity contribution in [3.63, 3.8) is 0 Å². The molecular weight excluding hydrogens is 300 g/mol. The Morgan fingerprint density at radius 3 is 2.68 bits per heavy atom. The van der Waals surface area contributed by atoms with E-state index >= 15 is 0 Å². The van der Waals surface area contributed by atoms with Gasteiger partial charge in [0.25, 0.3) is 5.91 Å². The van der Waals surface area contributed by atoms with Gasteiger partial charge in [0.2, 0.25) is 0 Å². The third kappa shape index (κ3) is 4.42. The van der Waals surface area contributed by atoms with E-state index in [0.29, 0.717) is 23.7 Å². The second-order valence-corrected chi connectivity index (χ2v) is 4.59. The van der Waals surface area contributed by atoms with Crippen molar-refractivity contribution in [2.24, 2.45) is 0 Å². The van der Waals surface area contributed by atoms with Crippen LogP contribution in [0.3, 0.4) is 0 Å². The number of amides is 1. The highest BCUT2D eigenvalue weighted by Crippen LogP contribution is 2.23. The zero-order valence-electron chi connectivity index (χ0n) is 12.0. The second-order valence-electron chi connectivity index (χ2n) is 4.18. The highest BCUT2D eigenvalue weighted by atomic mass is 32.1. The summed E-state index contributed by atoms with van der Waals surface area (Å²) >= 11 is 5.14. The summed E-state index contributed by atoms with van der Waals surface area (Å²) in [6.45, 7) is 2.45. The Morgan fingerprint density at radius 2 is 1.95 bits per heavy atom. The van der Waals surface area contributed by atoms with Crippen LogP contribution in [0.4, 0.5) is 5.69 Å². The van der Waals surface area contributed by atoms with E-state index in [0.717, 1.165) is 0 Å². The smallest absolute Gasteiger partial charge is 0.288 e. The van der Waals surface area contributed by atoms with Crippen molar-refractivity contribution in [3.05, 3.63) is 54.4 Å². The van der Waals surface area contributed by atoms with E-state index in [-0.39, 0.29) is 11.0 Å². The molecule has 1 aromatic heterocycles. The zero-order valence-corrected chi connectivity index (χ0v) is 12.8. The minimum atomic E-state index is -0.372. The lowest BCUT2D eigenvalue weighted by molar-refractivity contribution is 0.0939. The Kier molecular flexibility index (Phi) is 5.67. The molecule has 0 aliphatic carbocycles. The number of nitrogens with one attached hydrogen (secondary N) is 3. The fourth-order valence-corrected chi connectivity index (χ4v) is 1.84. The quantitative estimate of drug-likeness (QED) is 0.592. The van der Waals surface area contributed by atoms with Gasteiger partial charge in [-0.3, -0.25) is 20.6 Å². The van der Waals surface area contributed by atoms with E-state index in [1.54, 1.807) is 24.4 Å². The van der Waals surface area contributed by atoms with Gasteiger partial charge in [-0.25, -0.2) is 0 Å². The number of hydrogen-bond donors (Lipinski definition) is 3. The number of carbonyl (C=O) groups is 1. The minimum Gasteiger partial charge on any atom is -0.492 e. The average Bonchev–Trinajstić information content (AvgIpc) is 2.55.